The number of morpholine rings is 1. The van der Waals surface area contributed by atoms with Crippen LogP contribution in [0.3, 0.4) is 0 Å². The molecular weight excluding hydrogens is 482 g/mol. The second-order valence-electron chi connectivity index (χ2n) is 10.2. The van der Waals surface area contributed by atoms with Crippen molar-refractivity contribution in [2.45, 2.75) is 38.6 Å². The summed E-state index contributed by atoms with van der Waals surface area (Å²) in [4.78, 5) is 47.2. The van der Waals surface area contributed by atoms with E-state index in [-0.39, 0.29) is 23.8 Å². The Bertz CT molecular complexity index is 1260. The molecule has 1 atom stereocenters. The van der Waals surface area contributed by atoms with Crippen molar-refractivity contribution in [2.75, 3.05) is 50.8 Å². The first-order valence-corrected chi connectivity index (χ1v) is 13.5. The fourth-order valence-electron chi connectivity index (χ4n) is 5.84. The molecule has 0 aliphatic carbocycles. The number of unbranched alkanes of at least 4 members (excludes halogenated alkanes) is 1. The maximum Gasteiger partial charge on any atom is 0.296 e. The predicted molar refractivity (Wildman–Crippen MR) is 145 cm³/mol. The van der Waals surface area contributed by atoms with E-state index in [2.05, 4.69) is 11.8 Å². The summed E-state index contributed by atoms with van der Waals surface area (Å²) in [6, 6.07) is 14.4. The van der Waals surface area contributed by atoms with Crippen LogP contribution in [0.25, 0.3) is 5.76 Å². The monoisotopic (exact) mass is 517 g/mol. The number of ketones is 1. The van der Waals surface area contributed by atoms with Gasteiger partial charge in [-0.2, -0.15) is 0 Å². The second-order valence-corrected chi connectivity index (χ2v) is 10.2. The normalized spacial score (nSPS) is 23.1. The van der Waals surface area contributed by atoms with Crippen molar-refractivity contribution in [2.24, 2.45) is 0 Å². The summed E-state index contributed by atoms with van der Waals surface area (Å²) in [5.74, 6) is -2.25. The van der Waals surface area contributed by atoms with Gasteiger partial charge in [0.2, 0.25) is 0 Å². The third-order valence-corrected chi connectivity index (χ3v) is 7.83. The first-order valence-electron chi connectivity index (χ1n) is 13.5. The van der Waals surface area contributed by atoms with Crippen LogP contribution in [0.4, 0.5) is 5.69 Å². The zero-order valence-electron chi connectivity index (χ0n) is 22.1. The number of rotatable bonds is 8. The van der Waals surface area contributed by atoms with Gasteiger partial charge in [0.15, 0.2) is 5.54 Å². The topological polar surface area (TPSA) is 90.4 Å². The fraction of sp³-hybridized carbons (Fsp3) is 0.433. The lowest BCUT2D eigenvalue weighted by Gasteiger charge is -2.35. The molecule has 200 valence electrons. The van der Waals surface area contributed by atoms with Gasteiger partial charge in [-0.3, -0.25) is 19.3 Å². The Morgan fingerprint density at radius 1 is 0.947 bits per heavy atom. The van der Waals surface area contributed by atoms with Crippen molar-refractivity contribution >= 4 is 29.0 Å². The van der Waals surface area contributed by atoms with Gasteiger partial charge < -0.3 is 19.6 Å². The molecule has 2 fully saturated rings. The van der Waals surface area contributed by atoms with Gasteiger partial charge in [0.05, 0.1) is 24.5 Å². The maximum absolute atomic E-state index is 14.5. The van der Waals surface area contributed by atoms with Crippen molar-refractivity contribution in [1.29, 1.82) is 0 Å². The van der Waals surface area contributed by atoms with E-state index < -0.39 is 17.2 Å². The first kappa shape index (κ1) is 26.1. The Balaban J connectivity index is 1.64. The molecule has 0 aromatic heterocycles. The summed E-state index contributed by atoms with van der Waals surface area (Å²) >= 11 is 0. The Morgan fingerprint density at radius 3 is 2.37 bits per heavy atom. The summed E-state index contributed by atoms with van der Waals surface area (Å²) in [5.41, 5.74) is 0.806. The van der Waals surface area contributed by atoms with Crippen molar-refractivity contribution in [3.63, 3.8) is 0 Å². The molecule has 1 unspecified atom stereocenters. The minimum Gasteiger partial charge on any atom is -0.507 e. The standard InChI is InChI=1S/C30H35N3O5/c1-3-4-15-32-24-9-6-5-8-23(24)30(29(32)37)25(26(34)22-12-10-21(2)11-13-22)27(35)28(36)33(30)16-7-14-31-17-19-38-20-18-31/h5-6,8-13,34H,3-4,7,14-20H2,1-2H3. The maximum atomic E-state index is 14.5. The number of aliphatic hydroxyl groups is 1. The van der Waals surface area contributed by atoms with Gasteiger partial charge in [-0.15, -0.1) is 0 Å². The second kappa shape index (κ2) is 10.7. The largest absolute Gasteiger partial charge is 0.507 e. The lowest BCUT2D eigenvalue weighted by atomic mass is 9.81. The lowest BCUT2D eigenvalue weighted by Crippen LogP contribution is -2.52. The molecule has 0 bridgehead atoms. The number of benzene rings is 2. The summed E-state index contributed by atoms with van der Waals surface area (Å²) < 4.78 is 5.44. The fourth-order valence-corrected chi connectivity index (χ4v) is 5.84. The van der Waals surface area contributed by atoms with Gasteiger partial charge in [0, 0.05) is 43.9 Å². The van der Waals surface area contributed by atoms with Crippen LogP contribution in [0.15, 0.2) is 54.1 Å². The summed E-state index contributed by atoms with van der Waals surface area (Å²) in [5, 5.41) is 11.6. The molecule has 3 aliphatic heterocycles. The number of carbonyl (C=O) groups excluding carboxylic acids is 3. The predicted octanol–water partition coefficient (Wildman–Crippen LogP) is 3.44. The van der Waals surface area contributed by atoms with E-state index in [0.29, 0.717) is 43.0 Å². The van der Waals surface area contributed by atoms with Crippen molar-refractivity contribution in [3.05, 3.63) is 70.8 Å². The minimum atomic E-state index is -1.70. The number of hydrogen-bond acceptors (Lipinski definition) is 6. The van der Waals surface area contributed by atoms with Gasteiger partial charge in [-0.25, -0.2) is 0 Å². The molecule has 1 N–H and O–H groups in total. The van der Waals surface area contributed by atoms with E-state index >= 15 is 0 Å². The molecule has 8 nitrogen and oxygen atoms in total. The molecule has 0 radical (unpaired) electrons. The van der Waals surface area contributed by atoms with E-state index in [9.17, 15) is 19.5 Å². The Morgan fingerprint density at radius 2 is 1.66 bits per heavy atom. The third kappa shape index (κ3) is 4.22. The average Bonchev–Trinajstić information content (AvgIpc) is 3.31. The van der Waals surface area contributed by atoms with Crippen LogP contribution in [0.2, 0.25) is 0 Å². The van der Waals surface area contributed by atoms with Crippen LogP contribution >= 0.6 is 0 Å². The number of para-hydroxylation sites is 1. The van der Waals surface area contributed by atoms with Crippen molar-refractivity contribution < 1.29 is 24.2 Å². The molecule has 0 saturated carbocycles. The third-order valence-electron chi connectivity index (χ3n) is 7.83. The van der Waals surface area contributed by atoms with Crippen LogP contribution in [0, 0.1) is 6.92 Å². The Kier molecular flexibility index (Phi) is 7.36. The highest BCUT2D eigenvalue weighted by molar-refractivity contribution is 6.50. The average molecular weight is 518 g/mol. The van der Waals surface area contributed by atoms with Crippen molar-refractivity contribution in [1.82, 2.24) is 9.80 Å². The van der Waals surface area contributed by atoms with Crippen LogP contribution in [-0.4, -0.2) is 78.4 Å². The molecule has 3 aliphatic rings. The van der Waals surface area contributed by atoms with Crippen molar-refractivity contribution in [3.8, 4) is 0 Å². The van der Waals surface area contributed by atoms with E-state index in [0.717, 1.165) is 38.0 Å². The number of aryl methyl sites for hydroxylation is 1. The number of hydrogen-bond donors (Lipinski definition) is 1. The molecule has 1 spiro atoms. The molecule has 2 aromatic carbocycles. The number of fused-ring (bicyclic) bond motifs is 2. The molecule has 2 aromatic rings. The van der Waals surface area contributed by atoms with Gasteiger partial charge in [0.1, 0.15) is 5.76 Å². The number of likely N-dealkylation sites (tertiary alicyclic amines) is 1. The summed E-state index contributed by atoms with van der Waals surface area (Å²) in [6.45, 7) is 8.34. The molecule has 2 amide bonds. The number of Topliss-reactive ketones (excluding diaryl/α,β-unsaturated/α-hetero) is 1. The zero-order valence-corrected chi connectivity index (χ0v) is 22.1. The number of anilines is 1. The SMILES string of the molecule is CCCCN1C(=O)C2(C(=C(O)c3ccc(C)cc3)C(=O)C(=O)N2CCCN2CCOCC2)c2ccccc21. The summed E-state index contributed by atoms with van der Waals surface area (Å²) in [6.07, 6.45) is 2.25. The number of ether oxygens (including phenoxy) is 1. The number of aliphatic hydroxyl groups excluding tert-OH is 1. The van der Waals surface area contributed by atoms with Gasteiger partial charge >= 0.3 is 0 Å². The van der Waals surface area contributed by atoms with Crippen LogP contribution in [0.1, 0.15) is 42.9 Å². The highest BCUT2D eigenvalue weighted by atomic mass is 16.5. The highest BCUT2D eigenvalue weighted by Crippen LogP contribution is 2.53. The molecule has 3 heterocycles. The van der Waals surface area contributed by atoms with Gasteiger partial charge in [-0.1, -0.05) is 61.4 Å². The number of amides is 2. The highest BCUT2D eigenvalue weighted by Gasteiger charge is 2.66. The number of carbonyl (C=O) groups is 3. The van der Waals surface area contributed by atoms with E-state index in [1.54, 1.807) is 17.0 Å². The molecule has 2 saturated heterocycles. The van der Waals surface area contributed by atoms with Crippen LogP contribution in [-0.2, 0) is 24.7 Å². The Hall–Kier alpha value is -3.49. The molecule has 38 heavy (non-hydrogen) atoms. The molecule has 5 rings (SSSR count). The smallest absolute Gasteiger partial charge is 0.296 e. The summed E-state index contributed by atoms with van der Waals surface area (Å²) in [7, 11) is 0. The number of nitrogens with zero attached hydrogens (tertiary/aromatic N) is 3. The Labute approximate surface area is 223 Å². The lowest BCUT2D eigenvalue weighted by molar-refractivity contribution is -0.143. The van der Waals surface area contributed by atoms with E-state index in [1.165, 1.54) is 4.90 Å². The quantitative estimate of drug-likeness (QED) is 0.328. The van der Waals surface area contributed by atoms with E-state index in [4.69, 9.17) is 4.74 Å². The first-order chi connectivity index (χ1) is 18.4. The van der Waals surface area contributed by atoms with Crippen LogP contribution < -0.4 is 4.90 Å². The van der Waals surface area contributed by atoms with E-state index in [1.807, 2.05) is 43.3 Å². The van der Waals surface area contributed by atoms with Gasteiger partial charge in [-0.05, 0) is 25.8 Å². The molecule has 8 heteroatoms. The molecular formula is C30H35N3O5. The van der Waals surface area contributed by atoms with Crippen LogP contribution in [0.5, 0.6) is 0 Å². The zero-order chi connectivity index (χ0) is 26.9. The minimum absolute atomic E-state index is 0.144. The van der Waals surface area contributed by atoms with Gasteiger partial charge in [0.25, 0.3) is 17.6 Å².